The van der Waals surface area contributed by atoms with Gasteiger partial charge in [0.2, 0.25) is 0 Å². The summed E-state index contributed by atoms with van der Waals surface area (Å²) in [6, 6.07) is 0. The van der Waals surface area contributed by atoms with Crippen LogP contribution in [0.3, 0.4) is 0 Å². The normalized spacial score (nSPS) is 13.2. The molecule has 1 saturated carbocycles. The molecule has 0 aliphatic heterocycles. The summed E-state index contributed by atoms with van der Waals surface area (Å²) >= 11 is 2.11. The molecule has 8 heavy (non-hydrogen) atoms. The molecular formula is C3H5Br3Mg2. The number of hydrogen-bond acceptors (Lipinski definition) is 0. The molecule has 0 unspecified atom stereocenters. The molecule has 5 heteroatoms. The van der Waals surface area contributed by atoms with Gasteiger partial charge in [-0.25, -0.2) is 0 Å². The number of halogens is 3. The molecule has 0 aromatic rings. The van der Waals surface area contributed by atoms with Gasteiger partial charge >= 0.3 is 61.7 Å². The molecule has 0 aromatic carbocycles. The van der Waals surface area contributed by atoms with Gasteiger partial charge in [0.25, 0.3) is 0 Å². The molecular weight excluding hydrogens is 324 g/mol. The van der Waals surface area contributed by atoms with E-state index in [-0.39, 0.29) is 74.0 Å². The Labute approximate surface area is 111 Å². The molecule has 0 saturated heterocycles. The van der Waals surface area contributed by atoms with Crippen LogP contribution in [0.15, 0.2) is 0 Å². The maximum atomic E-state index is 2.11. The van der Waals surface area contributed by atoms with E-state index in [4.69, 9.17) is 0 Å². The first kappa shape index (κ1) is 22.4. The van der Waals surface area contributed by atoms with Crippen molar-refractivity contribution in [3.8, 4) is 0 Å². The van der Waals surface area contributed by atoms with Crippen LogP contribution in [0, 0.1) is 0 Å². The first-order chi connectivity index (χ1) is 1.89. The average Bonchev–Trinajstić information content (AvgIpc) is 1.75. The van der Waals surface area contributed by atoms with Crippen molar-refractivity contribution in [3.05, 3.63) is 0 Å². The van der Waals surface area contributed by atoms with E-state index in [1.165, 1.54) is 12.8 Å². The molecule has 0 aromatic heterocycles. The van der Waals surface area contributed by atoms with Crippen molar-refractivity contribution < 1.29 is 50.9 Å². The van der Waals surface area contributed by atoms with Crippen LogP contribution in [-0.2, 0) is 0 Å². The predicted molar refractivity (Wildman–Crippen MR) is 24.5 cm³/mol. The zero-order chi connectivity index (χ0) is 2.99. The Balaban J connectivity index is -0.0000000200. The second kappa shape index (κ2) is 12.6. The topological polar surface area (TPSA) is 0 Å². The van der Waals surface area contributed by atoms with E-state index in [1.54, 1.807) is 0 Å². The van der Waals surface area contributed by atoms with Gasteiger partial charge in [-0.3, -0.25) is 0 Å². The first-order valence-corrected chi connectivity index (χ1v) is 2.54. The SMILES string of the molecule is [Br-].[Br-].[Br-].[Mg+2].[Mg+][CH]1CC1. The van der Waals surface area contributed by atoms with E-state index in [0.29, 0.717) is 0 Å². The predicted octanol–water partition coefficient (Wildman–Crippen LogP) is -8.63. The van der Waals surface area contributed by atoms with Crippen LogP contribution in [-0.4, -0.2) is 44.8 Å². The molecule has 0 amide bonds. The Morgan fingerprint density at radius 2 is 1.12 bits per heavy atom. The summed E-state index contributed by atoms with van der Waals surface area (Å²) in [5, 5.41) is 0. The molecule has 0 nitrogen and oxygen atoms in total. The third-order valence-corrected chi connectivity index (χ3v) is 1.51. The Morgan fingerprint density at radius 3 is 1.12 bits per heavy atom. The molecule has 1 aliphatic rings. The first-order valence-electron chi connectivity index (χ1n) is 1.72. The number of hydrogen-bond donors (Lipinski definition) is 0. The molecule has 0 heterocycles. The Kier molecular flexibility index (Phi) is 35.4. The van der Waals surface area contributed by atoms with Crippen molar-refractivity contribution in [1.82, 2.24) is 0 Å². The Morgan fingerprint density at radius 1 is 1.00 bits per heavy atom. The van der Waals surface area contributed by atoms with Gasteiger partial charge in [-0.2, -0.15) is 0 Å². The van der Waals surface area contributed by atoms with Gasteiger partial charge in [0, 0.05) is 0 Å². The molecule has 1 fully saturated rings. The summed E-state index contributed by atoms with van der Waals surface area (Å²) in [6.07, 6.45) is 3.00. The summed E-state index contributed by atoms with van der Waals surface area (Å²) in [4.78, 5) is 0. The number of rotatable bonds is 0. The fourth-order valence-corrected chi connectivity index (χ4v) is 0.354. The van der Waals surface area contributed by atoms with Crippen LogP contribution < -0.4 is 50.9 Å². The van der Waals surface area contributed by atoms with Crippen LogP contribution in [0.2, 0.25) is 4.05 Å². The van der Waals surface area contributed by atoms with Gasteiger partial charge < -0.3 is 50.9 Å². The van der Waals surface area contributed by atoms with Gasteiger partial charge in [-0.15, -0.1) is 0 Å². The van der Waals surface area contributed by atoms with Crippen LogP contribution in [0.25, 0.3) is 0 Å². The fraction of sp³-hybridized carbons (Fsp3) is 1.00. The molecule has 1 rings (SSSR count). The standard InChI is InChI=1S/C3H5.3BrH.2Mg/c1-2-3-1;;;;;/h1H,2-3H2;3*1H;;/q;;;;+1;+2/p-3. The molecule has 42 valence electrons. The summed E-state index contributed by atoms with van der Waals surface area (Å²) < 4.78 is 1.11. The van der Waals surface area contributed by atoms with E-state index < -0.39 is 0 Å². The summed E-state index contributed by atoms with van der Waals surface area (Å²) in [5.74, 6) is 0. The molecule has 0 atom stereocenters. The van der Waals surface area contributed by atoms with Crippen LogP contribution in [0.1, 0.15) is 12.8 Å². The summed E-state index contributed by atoms with van der Waals surface area (Å²) in [6.45, 7) is 0. The Hall–Kier alpha value is 2.97. The van der Waals surface area contributed by atoms with Gasteiger partial charge in [-0.05, 0) is 0 Å². The fourth-order valence-electron chi connectivity index (χ4n) is 0.118. The van der Waals surface area contributed by atoms with E-state index >= 15 is 0 Å². The third kappa shape index (κ3) is 16.0. The molecule has 0 N–H and O–H groups in total. The van der Waals surface area contributed by atoms with Crippen LogP contribution >= 0.6 is 0 Å². The second-order valence-electron chi connectivity index (χ2n) is 1.44. The second-order valence-corrected chi connectivity index (χ2v) is 2.60. The van der Waals surface area contributed by atoms with E-state index in [1.807, 2.05) is 0 Å². The zero-order valence-corrected chi connectivity index (χ0v) is 12.1. The van der Waals surface area contributed by atoms with Crippen molar-refractivity contribution in [2.24, 2.45) is 0 Å². The van der Waals surface area contributed by atoms with Gasteiger partial charge in [0.1, 0.15) is 0 Å². The van der Waals surface area contributed by atoms with E-state index in [9.17, 15) is 0 Å². The van der Waals surface area contributed by atoms with Crippen molar-refractivity contribution in [2.45, 2.75) is 16.9 Å². The Bertz CT molecular complexity index is 31.7. The van der Waals surface area contributed by atoms with Crippen molar-refractivity contribution in [2.75, 3.05) is 0 Å². The van der Waals surface area contributed by atoms with E-state index in [2.05, 4.69) is 21.7 Å². The van der Waals surface area contributed by atoms with Crippen LogP contribution in [0.5, 0.6) is 0 Å². The molecule has 1 aliphatic carbocycles. The summed E-state index contributed by atoms with van der Waals surface area (Å²) in [5.41, 5.74) is 0. The zero-order valence-electron chi connectivity index (χ0n) is 4.54. The van der Waals surface area contributed by atoms with Crippen molar-refractivity contribution in [3.63, 3.8) is 0 Å². The third-order valence-electron chi connectivity index (χ3n) is 0.697. The molecule has 0 bridgehead atoms. The van der Waals surface area contributed by atoms with Crippen molar-refractivity contribution >= 4 is 44.8 Å². The van der Waals surface area contributed by atoms with Gasteiger partial charge in [0.05, 0.1) is 0 Å². The van der Waals surface area contributed by atoms with Crippen molar-refractivity contribution in [1.29, 1.82) is 0 Å². The molecule has 0 spiro atoms. The summed E-state index contributed by atoms with van der Waals surface area (Å²) in [7, 11) is 0. The minimum atomic E-state index is 0. The minimum absolute atomic E-state index is 0. The van der Waals surface area contributed by atoms with Gasteiger partial charge in [0.15, 0.2) is 0 Å². The maximum absolute atomic E-state index is 2.11. The van der Waals surface area contributed by atoms with Crippen LogP contribution in [0.4, 0.5) is 0 Å². The van der Waals surface area contributed by atoms with Gasteiger partial charge in [-0.1, -0.05) is 0 Å². The molecule has 0 radical (unpaired) electrons. The van der Waals surface area contributed by atoms with E-state index in [0.717, 1.165) is 4.05 Å². The monoisotopic (exact) mass is 326 g/mol. The average molecular weight is 329 g/mol. The quantitative estimate of drug-likeness (QED) is 0.387.